The van der Waals surface area contributed by atoms with E-state index in [9.17, 15) is 26.0 Å². The summed E-state index contributed by atoms with van der Waals surface area (Å²) in [6, 6.07) is -0.380. The van der Waals surface area contributed by atoms with E-state index in [4.69, 9.17) is 15.0 Å². The molecule has 0 aliphatic carbocycles. The van der Waals surface area contributed by atoms with Crippen molar-refractivity contribution in [3.8, 4) is 0 Å². The highest BCUT2D eigenvalue weighted by atomic mass is 16.5. The molecule has 0 bridgehead atoms. The van der Waals surface area contributed by atoms with Gasteiger partial charge in [0.05, 0.1) is 0 Å². The van der Waals surface area contributed by atoms with E-state index in [0.717, 1.165) is 0 Å². The van der Waals surface area contributed by atoms with E-state index >= 15 is 0 Å². The van der Waals surface area contributed by atoms with E-state index in [2.05, 4.69) is 160 Å². The second-order valence-corrected chi connectivity index (χ2v) is 27.7. The Morgan fingerprint density at radius 3 is 0.646 bits per heavy atom. The Morgan fingerprint density at radius 1 is 0.308 bits per heavy atom. The lowest BCUT2D eigenvalue weighted by Crippen LogP contribution is -2.68. The van der Waals surface area contributed by atoms with Crippen LogP contribution in [0.4, 0.5) is 17.8 Å². The molecule has 5 saturated heterocycles. The summed E-state index contributed by atoms with van der Waals surface area (Å²) in [5.74, 6) is 1.69. The van der Waals surface area contributed by atoms with Gasteiger partial charge in [-0.1, -0.05) is 0 Å². The summed E-state index contributed by atoms with van der Waals surface area (Å²) in [6.45, 7) is 42.0. The molecule has 6 heterocycles. The van der Waals surface area contributed by atoms with Crippen LogP contribution >= 0.6 is 0 Å². The van der Waals surface area contributed by atoms with Crippen molar-refractivity contribution < 1.29 is 26.0 Å². The number of hydrogen-bond acceptors (Lipinski definition) is 16. The van der Waals surface area contributed by atoms with Crippen molar-refractivity contribution in [2.45, 2.75) is 288 Å². The predicted molar refractivity (Wildman–Crippen MR) is 257 cm³/mol. The van der Waals surface area contributed by atoms with E-state index in [1.54, 1.807) is 0 Å². The number of nitrogens with zero attached hydrogens (tertiary/aromatic N) is 11. The molecule has 16 nitrogen and oxygen atoms in total. The Kier molecular flexibility index (Phi) is 13.1. The Balaban J connectivity index is 1.65. The Morgan fingerprint density at radius 2 is 0.462 bits per heavy atom. The van der Waals surface area contributed by atoms with E-state index < -0.39 is 55.4 Å². The molecule has 6 rings (SSSR count). The topological polar surface area (TPSA) is 166 Å². The third-order valence-electron chi connectivity index (χ3n) is 16.6. The van der Waals surface area contributed by atoms with Crippen molar-refractivity contribution in [3.63, 3.8) is 0 Å². The van der Waals surface area contributed by atoms with Gasteiger partial charge in [-0.2, -0.15) is 40.3 Å². The average molecular weight is 916 g/mol. The van der Waals surface area contributed by atoms with Gasteiger partial charge in [-0.15, -0.1) is 0 Å². The molecule has 16 heteroatoms. The summed E-state index contributed by atoms with van der Waals surface area (Å²) in [6.07, 6.45) is 6.54. The van der Waals surface area contributed by atoms with Gasteiger partial charge in [0.1, 0.15) is 0 Å². The number of anilines is 3. The average Bonchev–Trinajstić information content (AvgIpc) is 3.11. The van der Waals surface area contributed by atoms with E-state index in [1.807, 2.05) is 0 Å². The molecule has 5 aliphatic heterocycles. The predicted octanol–water partition coefficient (Wildman–Crippen LogP) is 8.97. The number of hydrogen-bond donors (Lipinski definition) is 5. The Bertz CT molecular complexity index is 1620. The summed E-state index contributed by atoms with van der Waals surface area (Å²) >= 11 is 0. The van der Waals surface area contributed by atoms with Crippen molar-refractivity contribution in [1.29, 1.82) is 0 Å². The molecule has 0 amide bonds. The van der Waals surface area contributed by atoms with Gasteiger partial charge >= 0.3 is 0 Å². The minimum absolute atomic E-state index is 0.0228. The fraction of sp³-hybridized carbons (Fsp3) is 0.939. The molecule has 0 atom stereocenters. The van der Waals surface area contributed by atoms with E-state index in [0.29, 0.717) is 82.1 Å². The fourth-order valence-electron chi connectivity index (χ4n) is 14.3. The monoisotopic (exact) mass is 916 g/mol. The quantitative estimate of drug-likeness (QED) is 0.168. The minimum Gasteiger partial charge on any atom is -0.341 e. The molecular weight excluding hydrogens is 823 g/mol. The van der Waals surface area contributed by atoms with Crippen molar-refractivity contribution in [3.05, 3.63) is 0 Å². The van der Waals surface area contributed by atoms with Crippen molar-refractivity contribution in [2.75, 3.05) is 21.7 Å². The normalized spacial score (nSPS) is 30.0. The van der Waals surface area contributed by atoms with Crippen LogP contribution in [-0.2, 0) is 0 Å². The maximum Gasteiger partial charge on any atom is 0.232 e. The van der Waals surface area contributed by atoms with Gasteiger partial charge in [-0.3, -0.25) is 0 Å². The first-order chi connectivity index (χ1) is 29.1. The lowest BCUT2D eigenvalue weighted by Gasteiger charge is -2.59. The molecule has 65 heavy (non-hydrogen) atoms. The van der Waals surface area contributed by atoms with E-state index in [-0.39, 0.29) is 30.2 Å². The zero-order valence-corrected chi connectivity index (χ0v) is 44.6. The van der Waals surface area contributed by atoms with Crippen molar-refractivity contribution in [2.24, 2.45) is 0 Å². The van der Waals surface area contributed by atoms with Gasteiger partial charge in [0, 0.05) is 92.6 Å². The SMILES string of the molecule is CN(c1nc(N(C2CC(C)(C)N(O)C(C)(C)C2)C2CC(C)(C)N(O)C(C)(C)C2)nc(N(C2CC(C)(C)N(O)C(C)(C)C2)C2CC(C)(C)N(O)C(C)(C)C2)n1)C1CC(C)(C)N(O)C(C)(C)C1. The van der Waals surface area contributed by atoms with Gasteiger partial charge in [0.2, 0.25) is 17.8 Å². The summed E-state index contributed by atoms with van der Waals surface area (Å²) in [4.78, 5) is 24.0. The molecule has 0 saturated carbocycles. The molecule has 374 valence electrons. The molecule has 5 fully saturated rings. The van der Waals surface area contributed by atoms with Crippen LogP contribution in [0.3, 0.4) is 0 Å². The van der Waals surface area contributed by atoms with Crippen molar-refractivity contribution >= 4 is 17.8 Å². The van der Waals surface area contributed by atoms with E-state index in [1.165, 1.54) is 25.3 Å². The molecule has 1 aromatic rings. The molecule has 0 unspecified atom stereocenters. The van der Waals surface area contributed by atoms with Crippen LogP contribution in [0.2, 0.25) is 0 Å². The smallest absolute Gasteiger partial charge is 0.232 e. The Labute approximate surface area is 393 Å². The van der Waals surface area contributed by atoms with Gasteiger partial charge in [-0.05, 0) is 203 Å². The maximum absolute atomic E-state index is 11.7. The zero-order chi connectivity index (χ0) is 49.4. The third-order valence-corrected chi connectivity index (χ3v) is 16.6. The first kappa shape index (κ1) is 52.4. The van der Waals surface area contributed by atoms with Crippen LogP contribution in [0.15, 0.2) is 0 Å². The lowest BCUT2D eigenvalue weighted by atomic mass is 9.74. The third kappa shape index (κ3) is 9.66. The van der Waals surface area contributed by atoms with Gasteiger partial charge in [0.25, 0.3) is 0 Å². The molecule has 5 N–H and O–H groups in total. The van der Waals surface area contributed by atoms with Gasteiger partial charge in [-0.25, -0.2) is 0 Å². The molecule has 0 aromatic carbocycles. The second kappa shape index (κ2) is 16.3. The summed E-state index contributed by atoms with van der Waals surface area (Å²) < 4.78 is 0. The largest absolute Gasteiger partial charge is 0.341 e. The standard InChI is InChI=1S/C49H93N11O5/c1-40(2)22-32(23-41(3,4)56(40)61)53(21)37-50-38(54(33-24-42(5,6)57(62)43(7,8)25-33)34-26-44(9,10)58(63)45(11,12)27-34)52-39(51-37)55(35-28-46(13,14)59(64)47(15,16)29-35)36-30-48(17,18)60(65)49(19,20)31-36/h32-36,61-65H,22-31H2,1-21H3. The minimum atomic E-state index is -0.574. The number of hydroxylamine groups is 10. The summed E-state index contributed by atoms with van der Waals surface area (Å²) in [5, 5.41) is 65.8. The maximum atomic E-state index is 11.7. The van der Waals surface area contributed by atoms with Crippen LogP contribution in [0, 0.1) is 0 Å². The first-order valence-corrected chi connectivity index (χ1v) is 24.6. The van der Waals surface area contributed by atoms with Gasteiger partial charge in [0.15, 0.2) is 0 Å². The molecule has 0 radical (unpaired) electrons. The van der Waals surface area contributed by atoms with Crippen LogP contribution in [-0.4, -0.2) is 159 Å². The first-order valence-electron chi connectivity index (χ1n) is 24.6. The van der Waals surface area contributed by atoms with Crippen LogP contribution in [0.1, 0.15) is 203 Å². The Hall–Kier alpha value is -1.99. The highest BCUT2D eigenvalue weighted by molar-refractivity contribution is 5.51. The highest BCUT2D eigenvalue weighted by Crippen LogP contribution is 2.49. The van der Waals surface area contributed by atoms with Crippen LogP contribution < -0.4 is 14.7 Å². The van der Waals surface area contributed by atoms with Crippen molar-refractivity contribution in [1.82, 2.24) is 40.3 Å². The van der Waals surface area contributed by atoms with Gasteiger partial charge < -0.3 is 40.7 Å². The zero-order valence-electron chi connectivity index (χ0n) is 44.6. The number of piperidine rings is 5. The molecule has 1 aromatic heterocycles. The van der Waals surface area contributed by atoms with Crippen LogP contribution in [0.5, 0.6) is 0 Å². The summed E-state index contributed by atoms with van der Waals surface area (Å²) in [7, 11) is 2.08. The second-order valence-electron chi connectivity index (χ2n) is 27.7. The number of rotatable bonds is 8. The number of aromatic nitrogens is 3. The molecule has 5 aliphatic rings. The molecular formula is C49H93N11O5. The lowest BCUT2D eigenvalue weighted by molar-refractivity contribution is -0.251. The van der Waals surface area contributed by atoms with Crippen LogP contribution in [0.25, 0.3) is 0 Å². The summed E-state index contributed by atoms with van der Waals surface area (Å²) in [5.41, 5.74) is -5.64. The fourth-order valence-corrected chi connectivity index (χ4v) is 14.3. The molecule has 0 spiro atoms. The highest BCUT2D eigenvalue weighted by Gasteiger charge is 2.56.